The van der Waals surface area contributed by atoms with Gasteiger partial charge in [0.25, 0.3) is 0 Å². The summed E-state index contributed by atoms with van der Waals surface area (Å²) in [5.41, 5.74) is -0.644. The van der Waals surface area contributed by atoms with Gasteiger partial charge >= 0.3 is 12.2 Å². The van der Waals surface area contributed by atoms with Gasteiger partial charge in [-0.1, -0.05) is 0 Å². The molecule has 1 aromatic heterocycles. The fourth-order valence-electron chi connectivity index (χ4n) is 1.30. The Kier molecular flexibility index (Phi) is 3.67. The van der Waals surface area contributed by atoms with Gasteiger partial charge in [0.2, 0.25) is 10.0 Å². The number of hydrogen-bond acceptors (Lipinski definition) is 6. The average Bonchev–Trinajstić information content (AvgIpc) is 2.11. The van der Waals surface area contributed by atoms with Crippen molar-refractivity contribution in [3.8, 4) is 5.75 Å². The van der Waals surface area contributed by atoms with E-state index < -0.39 is 43.3 Å². The molecule has 8 nitrogen and oxygen atoms in total. The van der Waals surface area contributed by atoms with Gasteiger partial charge in [-0.05, 0) is 16.8 Å². The van der Waals surface area contributed by atoms with Gasteiger partial charge in [0.05, 0.1) is 5.56 Å². The van der Waals surface area contributed by atoms with Crippen molar-refractivity contribution in [1.29, 1.82) is 0 Å². The minimum Gasteiger partial charge on any atom is -0.400 e. The number of nitrogens with zero attached hydrogens (tertiary/aromatic N) is 2. The van der Waals surface area contributed by atoms with E-state index in [1.54, 1.807) is 0 Å². The van der Waals surface area contributed by atoms with E-state index in [2.05, 4.69) is 9.72 Å². The molecule has 0 bridgehead atoms. The predicted molar refractivity (Wildman–Crippen MR) is 53.7 cm³/mol. The van der Waals surface area contributed by atoms with Crippen molar-refractivity contribution < 1.29 is 31.2 Å². The summed E-state index contributed by atoms with van der Waals surface area (Å²) in [4.78, 5) is 11.4. The summed E-state index contributed by atoms with van der Waals surface area (Å²) in [6.45, 7) is 0.897. The molecule has 19 heavy (non-hydrogen) atoms. The molecule has 0 aliphatic rings. The molecular formula is C7H6F3N3O5S. The molecule has 2 N–H and O–H groups in total. The highest BCUT2D eigenvalue weighted by molar-refractivity contribution is 7.89. The van der Waals surface area contributed by atoms with Gasteiger partial charge in [-0.15, -0.1) is 13.2 Å². The Hall–Kier alpha value is -1.95. The fourth-order valence-corrected chi connectivity index (χ4v) is 2.19. The van der Waals surface area contributed by atoms with Crippen LogP contribution >= 0.6 is 0 Å². The molecular weight excluding hydrogens is 295 g/mol. The molecule has 0 fully saturated rings. The maximum absolute atomic E-state index is 12.1. The topological polar surface area (TPSA) is 125 Å². The number of primary sulfonamides is 1. The second-order valence-corrected chi connectivity index (χ2v) is 4.75. The molecule has 0 saturated carbocycles. The average molecular weight is 301 g/mol. The van der Waals surface area contributed by atoms with E-state index in [4.69, 9.17) is 5.14 Å². The third kappa shape index (κ3) is 3.51. The second kappa shape index (κ2) is 4.62. The molecule has 0 saturated heterocycles. The number of ether oxygens (including phenoxy) is 1. The van der Waals surface area contributed by atoms with Crippen LogP contribution in [0.3, 0.4) is 0 Å². The SMILES string of the molecule is Cc1c([N+](=O)[O-])ncc(OC(F)(F)F)c1S(N)(=O)=O. The molecule has 1 aromatic rings. The first-order valence-corrected chi connectivity index (χ1v) is 5.90. The van der Waals surface area contributed by atoms with E-state index in [1.165, 1.54) is 0 Å². The van der Waals surface area contributed by atoms with Crippen molar-refractivity contribution >= 4 is 15.8 Å². The number of nitrogens with two attached hydrogens (primary N) is 1. The highest BCUT2D eigenvalue weighted by Gasteiger charge is 2.36. The summed E-state index contributed by atoms with van der Waals surface area (Å²) >= 11 is 0. The van der Waals surface area contributed by atoms with Gasteiger partial charge in [0.15, 0.2) is 11.9 Å². The third-order valence-electron chi connectivity index (χ3n) is 1.89. The molecule has 0 aromatic carbocycles. The van der Waals surface area contributed by atoms with E-state index in [0.29, 0.717) is 0 Å². The number of nitro groups is 1. The van der Waals surface area contributed by atoms with Crippen molar-refractivity contribution in [2.45, 2.75) is 18.2 Å². The molecule has 106 valence electrons. The Labute approximate surface area is 104 Å². The fraction of sp³-hybridized carbons (Fsp3) is 0.286. The van der Waals surface area contributed by atoms with Crippen LogP contribution in [0, 0.1) is 17.0 Å². The Bertz CT molecular complexity index is 628. The van der Waals surface area contributed by atoms with Crippen molar-refractivity contribution in [3.05, 3.63) is 21.9 Å². The van der Waals surface area contributed by atoms with E-state index in [9.17, 15) is 31.7 Å². The molecule has 0 atom stereocenters. The highest BCUT2D eigenvalue weighted by Crippen LogP contribution is 2.33. The molecule has 1 heterocycles. The van der Waals surface area contributed by atoms with Crippen molar-refractivity contribution in [1.82, 2.24) is 4.98 Å². The van der Waals surface area contributed by atoms with Crippen molar-refractivity contribution in [2.75, 3.05) is 0 Å². The first-order chi connectivity index (χ1) is 8.43. The molecule has 12 heteroatoms. The Balaban J connectivity index is 3.59. The number of rotatable bonds is 3. The van der Waals surface area contributed by atoms with Crippen LogP contribution in [-0.4, -0.2) is 24.7 Å². The zero-order chi connectivity index (χ0) is 15.0. The van der Waals surface area contributed by atoms with Gasteiger partial charge < -0.3 is 14.9 Å². The largest absolute Gasteiger partial charge is 0.573 e. The van der Waals surface area contributed by atoms with Crippen molar-refractivity contribution in [3.63, 3.8) is 0 Å². The van der Waals surface area contributed by atoms with Gasteiger partial charge in [0.1, 0.15) is 4.90 Å². The number of alkyl halides is 3. The number of pyridine rings is 1. The number of aromatic nitrogens is 1. The van der Waals surface area contributed by atoms with Crippen LogP contribution in [0.5, 0.6) is 5.75 Å². The first-order valence-electron chi connectivity index (χ1n) is 4.36. The van der Waals surface area contributed by atoms with Gasteiger partial charge in [-0.2, -0.15) is 0 Å². The Morgan fingerprint density at radius 3 is 2.37 bits per heavy atom. The lowest BCUT2D eigenvalue weighted by Crippen LogP contribution is -2.22. The molecule has 0 aliphatic heterocycles. The van der Waals surface area contributed by atoms with Crippen molar-refractivity contribution in [2.24, 2.45) is 5.14 Å². The number of halogens is 3. The zero-order valence-corrected chi connectivity index (χ0v) is 9.95. The lowest BCUT2D eigenvalue weighted by Gasteiger charge is -2.12. The quantitative estimate of drug-likeness (QED) is 0.651. The van der Waals surface area contributed by atoms with Crippen LogP contribution < -0.4 is 9.88 Å². The van der Waals surface area contributed by atoms with E-state index in [1.807, 2.05) is 0 Å². The standard InChI is InChI=1S/C7H6F3N3O5S/c1-3-5(19(11,16)17)4(18-7(8,9)10)2-12-6(3)13(14)15/h2H,1H3,(H2,11,16,17). The predicted octanol–water partition coefficient (Wildman–Crippen LogP) is 0.844. The first kappa shape index (κ1) is 15.1. The van der Waals surface area contributed by atoms with E-state index in [-0.39, 0.29) is 6.20 Å². The number of hydrogen-bond donors (Lipinski definition) is 1. The number of sulfonamides is 1. The van der Waals surface area contributed by atoms with Gasteiger partial charge in [0, 0.05) is 0 Å². The molecule has 0 spiro atoms. The molecule has 1 rings (SSSR count). The Morgan fingerprint density at radius 1 is 1.47 bits per heavy atom. The summed E-state index contributed by atoms with van der Waals surface area (Å²) in [5, 5.41) is 15.3. The summed E-state index contributed by atoms with van der Waals surface area (Å²) in [7, 11) is -4.66. The summed E-state index contributed by atoms with van der Waals surface area (Å²) < 4.78 is 62.1. The zero-order valence-electron chi connectivity index (χ0n) is 9.13. The third-order valence-corrected chi connectivity index (χ3v) is 2.96. The molecule has 0 aliphatic carbocycles. The van der Waals surface area contributed by atoms with Crippen LogP contribution in [0.25, 0.3) is 0 Å². The maximum Gasteiger partial charge on any atom is 0.573 e. The molecule has 0 amide bonds. The molecule has 0 unspecified atom stereocenters. The van der Waals surface area contributed by atoms with Crippen LogP contribution in [0.4, 0.5) is 19.0 Å². The lowest BCUT2D eigenvalue weighted by molar-refractivity contribution is -0.390. The smallest absolute Gasteiger partial charge is 0.400 e. The Morgan fingerprint density at radius 2 is 2.00 bits per heavy atom. The summed E-state index contributed by atoms with van der Waals surface area (Å²) in [5.74, 6) is -2.16. The lowest BCUT2D eigenvalue weighted by atomic mass is 10.3. The van der Waals surface area contributed by atoms with Crippen LogP contribution in [0.2, 0.25) is 0 Å². The normalized spacial score (nSPS) is 12.3. The van der Waals surface area contributed by atoms with E-state index in [0.717, 1.165) is 6.92 Å². The maximum atomic E-state index is 12.1. The highest BCUT2D eigenvalue weighted by atomic mass is 32.2. The monoisotopic (exact) mass is 301 g/mol. The van der Waals surface area contributed by atoms with Gasteiger partial charge in [-0.3, -0.25) is 0 Å². The van der Waals surface area contributed by atoms with Crippen LogP contribution in [0.15, 0.2) is 11.1 Å². The van der Waals surface area contributed by atoms with Gasteiger partial charge in [-0.25, -0.2) is 13.6 Å². The van der Waals surface area contributed by atoms with Crippen LogP contribution in [-0.2, 0) is 10.0 Å². The molecule has 0 radical (unpaired) electrons. The minimum absolute atomic E-state index is 0.276. The van der Waals surface area contributed by atoms with Crippen LogP contribution in [0.1, 0.15) is 5.56 Å². The van der Waals surface area contributed by atoms with E-state index >= 15 is 0 Å². The second-order valence-electron chi connectivity index (χ2n) is 3.25. The minimum atomic E-state index is -5.19. The summed E-state index contributed by atoms with van der Waals surface area (Å²) in [6, 6.07) is 0. The summed E-state index contributed by atoms with van der Waals surface area (Å²) in [6.07, 6.45) is -4.91.